The van der Waals surface area contributed by atoms with Crippen molar-refractivity contribution in [3.05, 3.63) is 28.8 Å². The lowest BCUT2D eigenvalue weighted by atomic mass is 9.90. The van der Waals surface area contributed by atoms with Gasteiger partial charge in [-0.15, -0.1) is 0 Å². The summed E-state index contributed by atoms with van der Waals surface area (Å²) in [6, 6.07) is 5.77. The fourth-order valence-electron chi connectivity index (χ4n) is 2.26. The van der Waals surface area contributed by atoms with Gasteiger partial charge in [0.15, 0.2) is 0 Å². The molecule has 1 saturated carbocycles. The maximum Gasteiger partial charge on any atom is 0.137 e. The number of ether oxygens (including phenoxy) is 2. The van der Waals surface area contributed by atoms with Crippen molar-refractivity contribution >= 4 is 11.6 Å². The van der Waals surface area contributed by atoms with Crippen molar-refractivity contribution in [2.24, 2.45) is 5.41 Å². The highest BCUT2D eigenvalue weighted by Crippen LogP contribution is 2.39. The molecule has 0 unspecified atom stereocenters. The first-order valence-electron chi connectivity index (χ1n) is 6.70. The molecule has 0 radical (unpaired) electrons. The molecule has 1 saturated heterocycles. The molecule has 3 nitrogen and oxygen atoms in total. The molecular weight excluding hydrogens is 264 g/mol. The van der Waals surface area contributed by atoms with Crippen LogP contribution in [-0.2, 0) is 11.2 Å². The Labute approximate surface area is 118 Å². The van der Waals surface area contributed by atoms with Gasteiger partial charge in [-0.1, -0.05) is 24.6 Å². The molecule has 2 aliphatic rings. The van der Waals surface area contributed by atoms with Crippen LogP contribution >= 0.6 is 11.6 Å². The third kappa shape index (κ3) is 3.04. The van der Waals surface area contributed by atoms with E-state index in [2.05, 4.69) is 6.92 Å². The summed E-state index contributed by atoms with van der Waals surface area (Å²) in [6.45, 7) is 4.25. The second-order valence-corrected chi connectivity index (χ2v) is 6.67. The second kappa shape index (κ2) is 4.65. The first-order valence-corrected chi connectivity index (χ1v) is 7.07. The summed E-state index contributed by atoms with van der Waals surface area (Å²) in [6.07, 6.45) is 2.46. The van der Waals surface area contributed by atoms with Crippen LogP contribution < -0.4 is 4.74 Å². The van der Waals surface area contributed by atoms with Crippen molar-refractivity contribution < 1.29 is 14.6 Å². The van der Waals surface area contributed by atoms with E-state index in [0.717, 1.165) is 31.6 Å². The minimum atomic E-state index is -0.484. The molecule has 2 fully saturated rings. The number of hydrogen-bond donors (Lipinski definition) is 1. The largest absolute Gasteiger partial charge is 0.491 e. The predicted octanol–water partition coefficient (Wildman–Crippen LogP) is 2.82. The number of hydrogen-bond acceptors (Lipinski definition) is 3. The van der Waals surface area contributed by atoms with E-state index in [1.165, 1.54) is 0 Å². The van der Waals surface area contributed by atoms with Crippen molar-refractivity contribution in [1.29, 1.82) is 0 Å². The van der Waals surface area contributed by atoms with Crippen molar-refractivity contribution in [3.63, 3.8) is 0 Å². The predicted molar refractivity (Wildman–Crippen MR) is 73.8 cm³/mol. The Balaban J connectivity index is 1.62. The van der Waals surface area contributed by atoms with Crippen LogP contribution in [0.25, 0.3) is 0 Å². The second-order valence-electron chi connectivity index (χ2n) is 6.26. The fourth-order valence-corrected chi connectivity index (χ4v) is 2.52. The highest BCUT2D eigenvalue weighted by atomic mass is 35.5. The molecule has 1 aliphatic carbocycles. The molecule has 1 N–H and O–H groups in total. The van der Waals surface area contributed by atoms with Crippen LogP contribution in [0.2, 0.25) is 5.02 Å². The van der Waals surface area contributed by atoms with E-state index in [0.29, 0.717) is 23.8 Å². The zero-order chi connectivity index (χ0) is 13.5. The van der Waals surface area contributed by atoms with Gasteiger partial charge < -0.3 is 14.6 Å². The Kier molecular flexibility index (Phi) is 3.24. The Hall–Kier alpha value is -0.770. The number of rotatable bonds is 5. The van der Waals surface area contributed by atoms with Crippen molar-refractivity contribution in [1.82, 2.24) is 0 Å². The van der Waals surface area contributed by atoms with Gasteiger partial charge >= 0.3 is 0 Å². The Bertz CT molecular complexity index is 478. The molecule has 0 spiro atoms. The maximum atomic E-state index is 9.90. The molecule has 0 bridgehead atoms. The zero-order valence-electron chi connectivity index (χ0n) is 11.1. The topological polar surface area (TPSA) is 38.7 Å². The summed E-state index contributed by atoms with van der Waals surface area (Å²) in [5, 5.41) is 10.5. The van der Waals surface area contributed by atoms with Gasteiger partial charge in [-0.3, -0.25) is 0 Å². The number of aliphatic hydroxyl groups is 1. The maximum absolute atomic E-state index is 9.90. The smallest absolute Gasteiger partial charge is 0.137 e. The quantitative estimate of drug-likeness (QED) is 0.902. The SMILES string of the molecule is CC1(COc2ccc(CC3(O)CC3)cc2Cl)COC1. The van der Waals surface area contributed by atoms with Gasteiger partial charge in [-0.2, -0.15) is 0 Å². The standard InChI is InChI=1S/C15H19ClO3/c1-14(8-18-9-14)10-19-13-3-2-11(6-12(13)16)7-15(17)4-5-15/h2-3,6,17H,4-5,7-10H2,1H3. The zero-order valence-corrected chi connectivity index (χ0v) is 11.9. The van der Waals surface area contributed by atoms with Crippen molar-refractivity contribution in [2.45, 2.75) is 31.8 Å². The van der Waals surface area contributed by atoms with Crippen LogP contribution in [0.4, 0.5) is 0 Å². The van der Waals surface area contributed by atoms with Gasteiger partial charge in [-0.25, -0.2) is 0 Å². The Morgan fingerprint density at radius 3 is 2.63 bits per heavy atom. The van der Waals surface area contributed by atoms with E-state index >= 15 is 0 Å². The molecular formula is C15H19ClO3. The van der Waals surface area contributed by atoms with Crippen LogP contribution in [0.1, 0.15) is 25.3 Å². The summed E-state index contributed by atoms with van der Waals surface area (Å²) in [5.41, 5.74) is 0.698. The van der Waals surface area contributed by atoms with E-state index in [4.69, 9.17) is 21.1 Å². The molecule has 104 valence electrons. The molecule has 0 amide bonds. The van der Waals surface area contributed by atoms with E-state index in [1.54, 1.807) is 0 Å². The number of halogens is 1. The van der Waals surface area contributed by atoms with E-state index < -0.39 is 5.60 Å². The fraction of sp³-hybridized carbons (Fsp3) is 0.600. The molecule has 4 heteroatoms. The van der Waals surface area contributed by atoms with E-state index in [9.17, 15) is 5.11 Å². The van der Waals surface area contributed by atoms with Crippen LogP contribution in [0.3, 0.4) is 0 Å². The first-order chi connectivity index (χ1) is 8.98. The van der Waals surface area contributed by atoms with Gasteiger partial charge in [0.2, 0.25) is 0 Å². The molecule has 0 atom stereocenters. The molecule has 1 aromatic carbocycles. The average Bonchev–Trinajstić information content (AvgIpc) is 3.03. The first kappa shape index (κ1) is 13.2. The summed E-state index contributed by atoms with van der Waals surface area (Å²) < 4.78 is 11.0. The Morgan fingerprint density at radius 2 is 2.11 bits per heavy atom. The molecule has 1 aliphatic heterocycles. The monoisotopic (exact) mass is 282 g/mol. The summed E-state index contributed by atoms with van der Waals surface area (Å²) in [7, 11) is 0. The number of benzene rings is 1. The Morgan fingerprint density at radius 1 is 1.37 bits per heavy atom. The summed E-state index contributed by atoms with van der Waals surface area (Å²) in [5.74, 6) is 0.710. The molecule has 1 aromatic rings. The summed E-state index contributed by atoms with van der Waals surface area (Å²) >= 11 is 6.23. The average molecular weight is 283 g/mol. The third-order valence-electron chi connectivity index (χ3n) is 3.83. The van der Waals surface area contributed by atoms with Crippen molar-refractivity contribution in [3.8, 4) is 5.75 Å². The van der Waals surface area contributed by atoms with E-state index in [-0.39, 0.29) is 5.41 Å². The lowest BCUT2D eigenvalue weighted by molar-refractivity contribution is -0.120. The van der Waals surface area contributed by atoms with Gasteiger partial charge in [0, 0.05) is 11.8 Å². The lowest BCUT2D eigenvalue weighted by Crippen LogP contribution is -2.44. The third-order valence-corrected chi connectivity index (χ3v) is 4.13. The normalized spacial score (nSPS) is 22.7. The van der Waals surface area contributed by atoms with Crippen molar-refractivity contribution in [2.75, 3.05) is 19.8 Å². The minimum Gasteiger partial charge on any atom is -0.491 e. The van der Waals surface area contributed by atoms with Gasteiger partial charge in [-0.05, 0) is 30.5 Å². The van der Waals surface area contributed by atoms with Crippen LogP contribution in [-0.4, -0.2) is 30.5 Å². The lowest BCUT2D eigenvalue weighted by Gasteiger charge is -2.37. The van der Waals surface area contributed by atoms with E-state index in [1.807, 2.05) is 18.2 Å². The minimum absolute atomic E-state index is 0.116. The van der Waals surface area contributed by atoms with Crippen LogP contribution in [0.5, 0.6) is 5.75 Å². The van der Waals surface area contributed by atoms with Gasteiger partial charge in [0.25, 0.3) is 0 Å². The molecule has 0 aromatic heterocycles. The van der Waals surface area contributed by atoms with Gasteiger partial charge in [0.05, 0.1) is 30.4 Å². The molecule has 3 rings (SSSR count). The van der Waals surface area contributed by atoms with Crippen LogP contribution in [0.15, 0.2) is 18.2 Å². The highest BCUT2D eigenvalue weighted by Gasteiger charge is 2.40. The highest BCUT2D eigenvalue weighted by molar-refractivity contribution is 6.32. The summed E-state index contributed by atoms with van der Waals surface area (Å²) in [4.78, 5) is 0. The molecule has 19 heavy (non-hydrogen) atoms. The van der Waals surface area contributed by atoms with Crippen LogP contribution in [0, 0.1) is 5.41 Å². The van der Waals surface area contributed by atoms with Gasteiger partial charge in [0.1, 0.15) is 5.75 Å². The molecule has 1 heterocycles.